The standard InChI is InChI=1S/C7H15NO/c1-6(2)8(9)7(3,4)5/h1-5H3. The van der Waals surface area contributed by atoms with Crippen LogP contribution in [0.2, 0.25) is 0 Å². The molecular weight excluding hydrogens is 114 g/mol. The summed E-state index contributed by atoms with van der Waals surface area (Å²) >= 11 is 0. The SMILES string of the molecule is CC(C)=[N+]([O-])C(C)(C)C. The van der Waals surface area contributed by atoms with Crippen LogP contribution in [0.1, 0.15) is 34.6 Å². The Morgan fingerprint density at radius 2 is 1.56 bits per heavy atom. The highest BCUT2D eigenvalue weighted by Gasteiger charge is 2.18. The van der Waals surface area contributed by atoms with Gasteiger partial charge in [0.05, 0.1) is 0 Å². The van der Waals surface area contributed by atoms with Crippen LogP contribution in [0.25, 0.3) is 0 Å². The van der Waals surface area contributed by atoms with Gasteiger partial charge in [-0.3, -0.25) is 0 Å². The van der Waals surface area contributed by atoms with Gasteiger partial charge in [-0.15, -0.1) is 0 Å². The highest BCUT2D eigenvalue weighted by molar-refractivity contribution is 5.74. The molecular formula is C7H15NO. The summed E-state index contributed by atoms with van der Waals surface area (Å²) in [6, 6.07) is 0. The van der Waals surface area contributed by atoms with Crippen molar-refractivity contribution in [1.82, 2.24) is 0 Å². The van der Waals surface area contributed by atoms with Gasteiger partial charge in [0.1, 0.15) is 0 Å². The summed E-state index contributed by atoms with van der Waals surface area (Å²) in [5, 5.41) is 11.0. The molecule has 0 amide bonds. The zero-order chi connectivity index (χ0) is 7.65. The lowest BCUT2D eigenvalue weighted by Gasteiger charge is -2.19. The Bertz CT molecular complexity index is 126. The predicted octanol–water partition coefficient (Wildman–Crippen LogP) is 1.78. The van der Waals surface area contributed by atoms with Crippen molar-refractivity contribution in [2.24, 2.45) is 0 Å². The average Bonchev–Trinajstić information content (AvgIpc) is 1.62. The molecule has 0 heterocycles. The molecule has 0 rings (SSSR count). The molecule has 2 heteroatoms. The smallest absolute Gasteiger partial charge is 0.164 e. The fraction of sp³-hybridized carbons (Fsp3) is 0.857. The third-order valence-corrected chi connectivity index (χ3v) is 1.02. The van der Waals surface area contributed by atoms with Gasteiger partial charge in [0.15, 0.2) is 11.3 Å². The minimum Gasteiger partial charge on any atom is -0.623 e. The Labute approximate surface area is 56.8 Å². The van der Waals surface area contributed by atoms with Crippen molar-refractivity contribution in [2.75, 3.05) is 0 Å². The highest BCUT2D eigenvalue weighted by atomic mass is 16.5. The van der Waals surface area contributed by atoms with Crippen LogP contribution in [0, 0.1) is 5.21 Å². The van der Waals surface area contributed by atoms with Gasteiger partial charge < -0.3 is 5.21 Å². The van der Waals surface area contributed by atoms with Gasteiger partial charge in [-0.25, -0.2) is 4.74 Å². The van der Waals surface area contributed by atoms with E-state index in [-0.39, 0.29) is 5.54 Å². The molecule has 0 aromatic rings. The summed E-state index contributed by atoms with van der Waals surface area (Å²) in [5.74, 6) is 0. The molecule has 0 saturated heterocycles. The summed E-state index contributed by atoms with van der Waals surface area (Å²) < 4.78 is 1.02. The Kier molecular flexibility index (Phi) is 2.24. The number of hydrogen-bond donors (Lipinski definition) is 0. The highest BCUT2D eigenvalue weighted by Crippen LogP contribution is 2.05. The fourth-order valence-electron chi connectivity index (χ4n) is 0.671. The van der Waals surface area contributed by atoms with Gasteiger partial charge in [0.25, 0.3) is 0 Å². The topological polar surface area (TPSA) is 26.1 Å². The Balaban J connectivity index is 4.40. The van der Waals surface area contributed by atoms with E-state index in [0.717, 1.165) is 10.5 Å². The number of hydroxylamine groups is 1. The minimum atomic E-state index is -0.279. The maximum absolute atomic E-state index is 11.0. The first kappa shape index (κ1) is 8.47. The zero-order valence-corrected chi connectivity index (χ0v) is 6.86. The van der Waals surface area contributed by atoms with Crippen molar-refractivity contribution in [3.63, 3.8) is 0 Å². The van der Waals surface area contributed by atoms with Crippen molar-refractivity contribution in [1.29, 1.82) is 0 Å². The molecule has 0 N–H and O–H groups in total. The molecule has 0 bridgehead atoms. The van der Waals surface area contributed by atoms with Crippen molar-refractivity contribution < 1.29 is 4.74 Å². The molecule has 0 aliphatic heterocycles. The van der Waals surface area contributed by atoms with Crippen molar-refractivity contribution in [3.05, 3.63) is 5.21 Å². The molecule has 0 radical (unpaired) electrons. The van der Waals surface area contributed by atoms with Gasteiger partial charge in [-0.05, 0) is 0 Å². The molecule has 9 heavy (non-hydrogen) atoms. The van der Waals surface area contributed by atoms with Crippen LogP contribution in [0.3, 0.4) is 0 Å². The number of rotatable bonds is 0. The fourth-order valence-corrected chi connectivity index (χ4v) is 0.671. The predicted molar refractivity (Wildman–Crippen MR) is 39.7 cm³/mol. The van der Waals surface area contributed by atoms with Gasteiger partial charge >= 0.3 is 0 Å². The molecule has 2 nitrogen and oxygen atoms in total. The molecule has 0 fully saturated rings. The van der Waals surface area contributed by atoms with Gasteiger partial charge in [-0.2, -0.15) is 0 Å². The summed E-state index contributed by atoms with van der Waals surface area (Å²) in [5.41, 5.74) is 0.529. The van der Waals surface area contributed by atoms with Crippen LogP contribution in [0.4, 0.5) is 0 Å². The quantitative estimate of drug-likeness (QED) is 0.212. The molecule has 0 aliphatic rings. The van der Waals surface area contributed by atoms with Crippen LogP contribution in [-0.2, 0) is 0 Å². The second kappa shape index (κ2) is 2.38. The first-order valence-corrected chi connectivity index (χ1v) is 3.13. The zero-order valence-electron chi connectivity index (χ0n) is 6.86. The molecule has 0 spiro atoms. The maximum Gasteiger partial charge on any atom is 0.164 e. The van der Waals surface area contributed by atoms with Crippen LogP contribution < -0.4 is 0 Å². The molecule has 0 saturated carbocycles. The van der Waals surface area contributed by atoms with E-state index in [9.17, 15) is 5.21 Å². The summed E-state index contributed by atoms with van der Waals surface area (Å²) in [7, 11) is 0. The van der Waals surface area contributed by atoms with E-state index in [4.69, 9.17) is 0 Å². The van der Waals surface area contributed by atoms with E-state index in [1.165, 1.54) is 0 Å². The van der Waals surface area contributed by atoms with Crippen LogP contribution in [-0.4, -0.2) is 16.0 Å². The first-order chi connectivity index (χ1) is 3.85. The van der Waals surface area contributed by atoms with E-state index in [1.807, 2.05) is 34.6 Å². The third kappa shape index (κ3) is 2.49. The largest absolute Gasteiger partial charge is 0.623 e. The van der Waals surface area contributed by atoms with Crippen LogP contribution in [0.5, 0.6) is 0 Å². The number of hydrogen-bond acceptors (Lipinski definition) is 1. The normalized spacial score (nSPS) is 11.2. The Morgan fingerprint density at radius 1 is 1.22 bits per heavy atom. The monoisotopic (exact) mass is 129 g/mol. The molecule has 0 atom stereocenters. The van der Waals surface area contributed by atoms with Crippen molar-refractivity contribution in [3.8, 4) is 0 Å². The van der Waals surface area contributed by atoms with Crippen LogP contribution >= 0.6 is 0 Å². The van der Waals surface area contributed by atoms with Gasteiger partial charge in [0, 0.05) is 34.6 Å². The van der Waals surface area contributed by atoms with Gasteiger partial charge in [-0.1, -0.05) is 0 Å². The maximum atomic E-state index is 11.0. The Hall–Kier alpha value is -0.530. The summed E-state index contributed by atoms with van der Waals surface area (Å²) in [6.07, 6.45) is 0. The second-order valence-electron chi connectivity index (χ2n) is 3.41. The lowest BCUT2D eigenvalue weighted by molar-refractivity contribution is -0.536. The Morgan fingerprint density at radius 3 is 1.56 bits per heavy atom. The second-order valence-corrected chi connectivity index (χ2v) is 3.41. The first-order valence-electron chi connectivity index (χ1n) is 3.13. The van der Waals surface area contributed by atoms with Gasteiger partial charge in [0.2, 0.25) is 0 Å². The summed E-state index contributed by atoms with van der Waals surface area (Å²) in [6.45, 7) is 9.32. The van der Waals surface area contributed by atoms with Crippen LogP contribution in [0.15, 0.2) is 0 Å². The molecule has 0 aromatic heterocycles. The molecule has 0 aromatic carbocycles. The van der Waals surface area contributed by atoms with E-state index in [1.54, 1.807) is 0 Å². The summed E-state index contributed by atoms with van der Waals surface area (Å²) in [4.78, 5) is 0. The molecule has 0 unspecified atom stereocenters. The third-order valence-electron chi connectivity index (χ3n) is 1.02. The van der Waals surface area contributed by atoms with E-state index in [2.05, 4.69) is 0 Å². The lowest BCUT2D eigenvalue weighted by atomic mass is 10.1. The lowest BCUT2D eigenvalue weighted by Crippen LogP contribution is -2.31. The minimum absolute atomic E-state index is 0.279. The van der Waals surface area contributed by atoms with Crippen molar-refractivity contribution in [2.45, 2.75) is 40.2 Å². The van der Waals surface area contributed by atoms with E-state index >= 15 is 0 Å². The molecule has 54 valence electrons. The average molecular weight is 129 g/mol. The number of nitrogens with zero attached hydrogens (tertiary/aromatic N) is 1. The van der Waals surface area contributed by atoms with Crippen molar-refractivity contribution >= 4 is 5.71 Å². The molecule has 0 aliphatic carbocycles. The van der Waals surface area contributed by atoms with E-state index in [0.29, 0.717) is 0 Å². The van der Waals surface area contributed by atoms with E-state index < -0.39 is 0 Å².